The summed E-state index contributed by atoms with van der Waals surface area (Å²) in [6.45, 7) is 2.02. The first-order valence-corrected chi connectivity index (χ1v) is 10.6. The van der Waals surface area contributed by atoms with Gasteiger partial charge in [-0.05, 0) is 66.3 Å². The van der Waals surface area contributed by atoms with Crippen LogP contribution >= 0.6 is 23.5 Å². The molecule has 0 aliphatic carbocycles. The Balaban J connectivity index is 1.69. The molecule has 0 atom stereocenters. The number of carbonyl (C=O) groups is 1. The van der Waals surface area contributed by atoms with Crippen LogP contribution in [0.5, 0.6) is 0 Å². The van der Waals surface area contributed by atoms with Crippen molar-refractivity contribution in [3.63, 3.8) is 0 Å². The van der Waals surface area contributed by atoms with Gasteiger partial charge in [-0.25, -0.2) is 0 Å². The zero-order chi connectivity index (χ0) is 17.8. The number of nitrogens with zero attached hydrogens (tertiary/aromatic N) is 1. The van der Waals surface area contributed by atoms with Crippen molar-refractivity contribution in [3.05, 3.63) is 59.2 Å². The van der Waals surface area contributed by atoms with Gasteiger partial charge in [0.05, 0.1) is 4.58 Å². The zero-order valence-corrected chi connectivity index (χ0v) is 16.5. The van der Waals surface area contributed by atoms with E-state index in [1.807, 2.05) is 68.8 Å². The third kappa shape index (κ3) is 4.53. The molecule has 0 radical (unpaired) electrons. The lowest BCUT2D eigenvalue weighted by molar-refractivity contribution is 0.102. The number of anilines is 2. The van der Waals surface area contributed by atoms with Gasteiger partial charge in [0.15, 0.2) is 0 Å². The second-order valence-electron chi connectivity index (χ2n) is 6.40. The Hall–Kier alpha value is -1.59. The molecule has 2 aromatic rings. The van der Waals surface area contributed by atoms with E-state index < -0.39 is 0 Å². The first kappa shape index (κ1) is 18.2. The SMILES string of the molecule is Cc1cc(N(C)C)ccc1NC(=O)c1ccc(C2SCCCS2)cc1. The molecule has 1 heterocycles. The number of hydrogen-bond acceptors (Lipinski definition) is 4. The van der Waals surface area contributed by atoms with Crippen LogP contribution in [0.25, 0.3) is 0 Å². The van der Waals surface area contributed by atoms with Gasteiger partial charge in [0.2, 0.25) is 0 Å². The smallest absolute Gasteiger partial charge is 0.255 e. The Morgan fingerprint density at radius 2 is 1.76 bits per heavy atom. The molecule has 0 aromatic heterocycles. The maximum Gasteiger partial charge on any atom is 0.255 e. The van der Waals surface area contributed by atoms with Crippen molar-refractivity contribution in [2.45, 2.75) is 17.9 Å². The van der Waals surface area contributed by atoms with Crippen molar-refractivity contribution in [1.29, 1.82) is 0 Å². The minimum absolute atomic E-state index is 0.0591. The monoisotopic (exact) mass is 372 g/mol. The lowest BCUT2D eigenvalue weighted by Crippen LogP contribution is -2.14. The number of hydrogen-bond donors (Lipinski definition) is 1. The first-order chi connectivity index (χ1) is 12.0. The quantitative estimate of drug-likeness (QED) is 0.801. The fraction of sp³-hybridized carbons (Fsp3) is 0.350. The highest BCUT2D eigenvalue weighted by Crippen LogP contribution is 2.43. The molecule has 1 aliphatic rings. The Morgan fingerprint density at radius 1 is 1.08 bits per heavy atom. The van der Waals surface area contributed by atoms with Gasteiger partial charge in [0.1, 0.15) is 0 Å². The molecule has 25 heavy (non-hydrogen) atoms. The van der Waals surface area contributed by atoms with Crippen LogP contribution in [0.3, 0.4) is 0 Å². The summed E-state index contributed by atoms with van der Waals surface area (Å²) < 4.78 is 0.506. The molecule has 0 unspecified atom stereocenters. The number of aryl methyl sites for hydroxylation is 1. The van der Waals surface area contributed by atoms with Crippen molar-refractivity contribution in [2.24, 2.45) is 0 Å². The number of amides is 1. The molecule has 3 rings (SSSR count). The van der Waals surface area contributed by atoms with Gasteiger partial charge in [-0.3, -0.25) is 4.79 Å². The predicted octanol–water partition coefficient (Wildman–Crippen LogP) is 5.18. The first-order valence-electron chi connectivity index (χ1n) is 8.47. The van der Waals surface area contributed by atoms with E-state index in [1.165, 1.54) is 23.5 Å². The second-order valence-corrected chi connectivity index (χ2v) is 9.12. The molecule has 1 aliphatic heterocycles. The van der Waals surface area contributed by atoms with Crippen LogP contribution in [-0.4, -0.2) is 31.5 Å². The molecule has 0 spiro atoms. The summed E-state index contributed by atoms with van der Waals surface area (Å²) in [5, 5.41) is 3.02. The van der Waals surface area contributed by atoms with E-state index in [0.717, 1.165) is 16.9 Å². The van der Waals surface area contributed by atoms with Crippen molar-refractivity contribution in [3.8, 4) is 0 Å². The Morgan fingerprint density at radius 3 is 2.36 bits per heavy atom. The van der Waals surface area contributed by atoms with Crippen molar-refractivity contribution < 1.29 is 4.79 Å². The van der Waals surface area contributed by atoms with Crippen LogP contribution in [0.1, 0.15) is 32.5 Å². The molecular weight excluding hydrogens is 348 g/mol. The summed E-state index contributed by atoms with van der Waals surface area (Å²) in [6.07, 6.45) is 1.29. The third-order valence-corrected chi connectivity index (χ3v) is 7.26. The molecule has 1 amide bonds. The van der Waals surface area contributed by atoms with Crippen LogP contribution in [0.2, 0.25) is 0 Å². The van der Waals surface area contributed by atoms with E-state index in [-0.39, 0.29) is 5.91 Å². The summed E-state index contributed by atoms with van der Waals surface area (Å²) in [7, 11) is 4.02. The highest BCUT2D eigenvalue weighted by atomic mass is 32.2. The van der Waals surface area contributed by atoms with Crippen molar-refractivity contribution in [2.75, 3.05) is 35.8 Å². The number of thioether (sulfide) groups is 2. The standard InChI is InChI=1S/C20H24N2OS2/c1-14-13-17(22(2)3)9-10-18(14)21-19(23)15-5-7-16(8-6-15)20-24-11-4-12-25-20/h5-10,13,20H,4,11-12H2,1-3H3,(H,21,23). The summed E-state index contributed by atoms with van der Waals surface area (Å²) in [5.74, 6) is 2.39. The van der Waals surface area contributed by atoms with Crippen LogP contribution in [0, 0.1) is 6.92 Å². The fourth-order valence-corrected chi connectivity index (χ4v) is 5.63. The molecule has 3 nitrogen and oxygen atoms in total. The lowest BCUT2D eigenvalue weighted by Gasteiger charge is -2.21. The second kappa shape index (κ2) is 8.19. The molecule has 0 bridgehead atoms. The number of carbonyl (C=O) groups excluding carboxylic acids is 1. The fourth-order valence-electron chi connectivity index (χ4n) is 2.73. The Kier molecular flexibility index (Phi) is 5.97. The van der Waals surface area contributed by atoms with E-state index in [2.05, 4.69) is 28.4 Å². The van der Waals surface area contributed by atoms with E-state index in [1.54, 1.807) is 0 Å². The highest BCUT2D eigenvalue weighted by molar-refractivity contribution is 8.16. The minimum atomic E-state index is -0.0591. The highest BCUT2D eigenvalue weighted by Gasteiger charge is 2.17. The van der Waals surface area contributed by atoms with Crippen LogP contribution < -0.4 is 10.2 Å². The molecule has 1 N–H and O–H groups in total. The van der Waals surface area contributed by atoms with Crippen molar-refractivity contribution in [1.82, 2.24) is 0 Å². The summed E-state index contributed by atoms with van der Waals surface area (Å²) in [6, 6.07) is 14.1. The van der Waals surface area contributed by atoms with Gasteiger partial charge in [-0.1, -0.05) is 12.1 Å². The van der Waals surface area contributed by atoms with Crippen molar-refractivity contribution >= 4 is 40.8 Å². The van der Waals surface area contributed by atoms with Crippen LogP contribution in [0.15, 0.2) is 42.5 Å². The maximum atomic E-state index is 12.5. The zero-order valence-electron chi connectivity index (χ0n) is 14.9. The topological polar surface area (TPSA) is 32.3 Å². The van der Waals surface area contributed by atoms with Gasteiger partial charge < -0.3 is 10.2 Å². The predicted molar refractivity (Wildman–Crippen MR) is 112 cm³/mol. The van der Waals surface area contributed by atoms with Gasteiger partial charge in [-0.2, -0.15) is 0 Å². The van der Waals surface area contributed by atoms with Gasteiger partial charge in [0, 0.05) is 31.0 Å². The molecule has 132 valence electrons. The number of rotatable bonds is 4. The number of benzene rings is 2. The average Bonchev–Trinajstić information content (AvgIpc) is 2.64. The molecule has 2 aromatic carbocycles. The minimum Gasteiger partial charge on any atom is -0.378 e. The van der Waals surface area contributed by atoms with Gasteiger partial charge in [0.25, 0.3) is 5.91 Å². The maximum absolute atomic E-state index is 12.5. The van der Waals surface area contributed by atoms with E-state index >= 15 is 0 Å². The molecule has 5 heteroatoms. The number of nitrogens with one attached hydrogen (secondary N) is 1. The average molecular weight is 373 g/mol. The summed E-state index contributed by atoms with van der Waals surface area (Å²) >= 11 is 3.99. The lowest BCUT2D eigenvalue weighted by atomic mass is 10.1. The molecule has 1 fully saturated rings. The van der Waals surface area contributed by atoms with Crippen LogP contribution in [0.4, 0.5) is 11.4 Å². The molecule has 1 saturated heterocycles. The summed E-state index contributed by atoms with van der Waals surface area (Å²) in [5.41, 5.74) is 5.05. The van der Waals surface area contributed by atoms with Gasteiger partial charge in [-0.15, -0.1) is 23.5 Å². The van der Waals surface area contributed by atoms with E-state index in [9.17, 15) is 4.79 Å². The Labute approximate surface area is 158 Å². The van der Waals surface area contributed by atoms with E-state index in [0.29, 0.717) is 10.1 Å². The third-order valence-electron chi connectivity index (χ3n) is 4.25. The van der Waals surface area contributed by atoms with Gasteiger partial charge >= 0.3 is 0 Å². The summed E-state index contributed by atoms with van der Waals surface area (Å²) in [4.78, 5) is 14.6. The normalized spacial score (nSPS) is 15.0. The Bertz CT molecular complexity index is 738. The largest absolute Gasteiger partial charge is 0.378 e. The van der Waals surface area contributed by atoms with E-state index in [4.69, 9.17) is 0 Å². The molecule has 0 saturated carbocycles. The molecular formula is C20H24N2OS2. The van der Waals surface area contributed by atoms with Crippen LogP contribution in [-0.2, 0) is 0 Å².